The van der Waals surface area contributed by atoms with Crippen molar-refractivity contribution in [3.05, 3.63) is 53.2 Å². The molecule has 1 aromatic carbocycles. The van der Waals surface area contributed by atoms with E-state index in [1.165, 1.54) is 0 Å². The van der Waals surface area contributed by atoms with Crippen LogP contribution in [0.1, 0.15) is 0 Å². The van der Waals surface area contributed by atoms with Gasteiger partial charge in [0.05, 0.1) is 0 Å². The van der Waals surface area contributed by atoms with Gasteiger partial charge in [-0.2, -0.15) is 11.3 Å². The Labute approximate surface area is 97.2 Å². The fourth-order valence-electron chi connectivity index (χ4n) is 1.56. The molecule has 2 aromatic heterocycles. The van der Waals surface area contributed by atoms with E-state index in [4.69, 9.17) is 4.52 Å². The van der Waals surface area contributed by atoms with Gasteiger partial charge in [0, 0.05) is 22.6 Å². The fraction of sp³-hybridized carbons (Fsp3) is 0. The van der Waals surface area contributed by atoms with E-state index in [9.17, 15) is 0 Å². The predicted octanol–water partition coefficient (Wildman–Crippen LogP) is 4.07. The van der Waals surface area contributed by atoms with Crippen LogP contribution in [0.15, 0.2) is 57.7 Å². The zero-order valence-electron chi connectivity index (χ0n) is 8.46. The molecular weight excluding hydrogens is 218 g/mol. The first-order valence-corrected chi connectivity index (χ1v) is 5.92. The smallest absolute Gasteiger partial charge is 0.168 e. The molecule has 3 rings (SSSR count). The zero-order valence-corrected chi connectivity index (χ0v) is 9.28. The van der Waals surface area contributed by atoms with Gasteiger partial charge in [0.15, 0.2) is 5.76 Å². The summed E-state index contributed by atoms with van der Waals surface area (Å²) < 4.78 is 5.32. The SMILES string of the molecule is c1ccc(-c2cc(-c3ccsc3)on2)cc1. The van der Waals surface area contributed by atoms with Crippen LogP contribution in [0.25, 0.3) is 22.6 Å². The van der Waals surface area contributed by atoms with Crippen molar-refractivity contribution in [2.24, 2.45) is 0 Å². The van der Waals surface area contributed by atoms with Crippen molar-refractivity contribution in [3.63, 3.8) is 0 Å². The van der Waals surface area contributed by atoms with Gasteiger partial charge < -0.3 is 4.52 Å². The highest BCUT2D eigenvalue weighted by Crippen LogP contribution is 2.26. The van der Waals surface area contributed by atoms with E-state index < -0.39 is 0 Å². The minimum absolute atomic E-state index is 0.820. The minimum Gasteiger partial charge on any atom is -0.356 e. The average molecular weight is 227 g/mol. The molecule has 0 radical (unpaired) electrons. The Morgan fingerprint density at radius 1 is 1.00 bits per heavy atom. The van der Waals surface area contributed by atoms with Crippen molar-refractivity contribution in [2.75, 3.05) is 0 Å². The molecule has 2 nitrogen and oxygen atoms in total. The molecule has 3 aromatic rings. The number of hydrogen-bond acceptors (Lipinski definition) is 3. The Morgan fingerprint density at radius 3 is 2.62 bits per heavy atom. The molecule has 0 atom stereocenters. The average Bonchev–Trinajstić information content (AvgIpc) is 3.01. The first-order chi connectivity index (χ1) is 7.93. The quantitative estimate of drug-likeness (QED) is 0.659. The maximum Gasteiger partial charge on any atom is 0.168 e. The van der Waals surface area contributed by atoms with Crippen LogP contribution in [0.4, 0.5) is 0 Å². The third-order valence-corrected chi connectivity index (χ3v) is 3.07. The van der Waals surface area contributed by atoms with Crippen LogP contribution < -0.4 is 0 Å². The third kappa shape index (κ3) is 1.66. The summed E-state index contributed by atoms with van der Waals surface area (Å²) >= 11 is 1.65. The highest BCUT2D eigenvalue weighted by Gasteiger charge is 2.07. The summed E-state index contributed by atoms with van der Waals surface area (Å²) in [7, 11) is 0. The number of thiophene rings is 1. The summed E-state index contributed by atoms with van der Waals surface area (Å²) in [5, 5.41) is 8.15. The van der Waals surface area contributed by atoms with Crippen molar-refractivity contribution in [2.45, 2.75) is 0 Å². The molecule has 16 heavy (non-hydrogen) atoms. The van der Waals surface area contributed by atoms with Gasteiger partial charge in [0.2, 0.25) is 0 Å². The van der Waals surface area contributed by atoms with Gasteiger partial charge in [-0.15, -0.1) is 0 Å². The molecule has 0 aliphatic rings. The van der Waals surface area contributed by atoms with Gasteiger partial charge in [-0.3, -0.25) is 0 Å². The first-order valence-electron chi connectivity index (χ1n) is 4.98. The molecule has 0 unspecified atom stereocenters. The van der Waals surface area contributed by atoms with E-state index in [2.05, 4.69) is 10.5 Å². The standard InChI is InChI=1S/C13H9NOS/c1-2-4-10(5-3-1)12-8-13(15-14-12)11-6-7-16-9-11/h1-9H. The van der Waals surface area contributed by atoms with Crippen LogP contribution in [0, 0.1) is 0 Å². The highest BCUT2D eigenvalue weighted by atomic mass is 32.1. The predicted molar refractivity (Wildman–Crippen MR) is 65.3 cm³/mol. The van der Waals surface area contributed by atoms with Crippen LogP contribution in [0.3, 0.4) is 0 Å². The maximum absolute atomic E-state index is 5.32. The van der Waals surface area contributed by atoms with Gasteiger partial charge in [-0.25, -0.2) is 0 Å². The molecular formula is C13H9NOS. The molecule has 0 saturated heterocycles. The number of aromatic nitrogens is 1. The summed E-state index contributed by atoms with van der Waals surface area (Å²) in [6.07, 6.45) is 0. The van der Waals surface area contributed by atoms with Crippen LogP contribution in [-0.2, 0) is 0 Å². The lowest BCUT2D eigenvalue weighted by atomic mass is 10.1. The lowest BCUT2D eigenvalue weighted by Gasteiger charge is -1.91. The van der Waals surface area contributed by atoms with Crippen molar-refractivity contribution < 1.29 is 4.52 Å². The summed E-state index contributed by atoms with van der Waals surface area (Å²) in [4.78, 5) is 0. The maximum atomic E-state index is 5.32. The Kier molecular flexibility index (Phi) is 2.31. The van der Waals surface area contributed by atoms with Crippen molar-refractivity contribution in [3.8, 4) is 22.6 Å². The van der Waals surface area contributed by atoms with Gasteiger partial charge >= 0.3 is 0 Å². The number of nitrogens with zero attached hydrogens (tertiary/aromatic N) is 1. The van der Waals surface area contributed by atoms with Gasteiger partial charge in [0.1, 0.15) is 5.69 Å². The largest absolute Gasteiger partial charge is 0.356 e. The monoisotopic (exact) mass is 227 g/mol. The van der Waals surface area contributed by atoms with E-state index in [-0.39, 0.29) is 0 Å². The number of hydrogen-bond donors (Lipinski definition) is 0. The normalized spacial score (nSPS) is 10.5. The molecule has 2 heterocycles. The summed E-state index contributed by atoms with van der Waals surface area (Å²) in [5.74, 6) is 0.820. The number of rotatable bonds is 2. The zero-order chi connectivity index (χ0) is 10.8. The van der Waals surface area contributed by atoms with Crippen LogP contribution >= 0.6 is 11.3 Å². The Balaban J connectivity index is 2.00. The molecule has 0 fully saturated rings. The van der Waals surface area contributed by atoms with E-state index in [0.717, 1.165) is 22.6 Å². The topological polar surface area (TPSA) is 26.0 Å². The van der Waals surface area contributed by atoms with Crippen LogP contribution in [0.5, 0.6) is 0 Å². The number of benzene rings is 1. The molecule has 0 spiro atoms. The first kappa shape index (κ1) is 9.36. The lowest BCUT2D eigenvalue weighted by molar-refractivity contribution is 0.435. The Bertz CT molecular complexity index is 569. The molecule has 0 aliphatic carbocycles. The summed E-state index contributed by atoms with van der Waals surface area (Å²) in [6.45, 7) is 0. The van der Waals surface area contributed by atoms with E-state index >= 15 is 0 Å². The third-order valence-electron chi connectivity index (χ3n) is 2.39. The second kappa shape index (κ2) is 3.94. The molecule has 78 valence electrons. The summed E-state index contributed by atoms with van der Waals surface area (Å²) in [5.41, 5.74) is 3.04. The molecule has 0 saturated carbocycles. The van der Waals surface area contributed by atoms with Gasteiger partial charge in [-0.1, -0.05) is 35.5 Å². The van der Waals surface area contributed by atoms with E-state index in [0.29, 0.717) is 0 Å². The second-order valence-electron chi connectivity index (χ2n) is 3.45. The van der Waals surface area contributed by atoms with Crippen LogP contribution in [-0.4, -0.2) is 5.16 Å². The van der Waals surface area contributed by atoms with Gasteiger partial charge in [-0.05, 0) is 11.4 Å². The van der Waals surface area contributed by atoms with Crippen LogP contribution in [0.2, 0.25) is 0 Å². The highest BCUT2D eigenvalue weighted by molar-refractivity contribution is 7.08. The Morgan fingerprint density at radius 2 is 1.88 bits per heavy atom. The molecule has 3 heteroatoms. The second-order valence-corrected chi connectivity index (χ2v) is 4.23. The van der Waals surface area contributed by atoms with E-state index in [1.807, 2.05) is 47.8 Å². The van der Waals surface area contributed by atoms with Crippen molar-refractivity contribution in [1.29, 1.82) is 0 Å². The van der Waals surface area contributed by atoms with Crippen molar-refractivity contribution in [1.82, 2.24) is 5.16 Å². The lowest BCUT2D eigenvalue weighted by Crippen LogP contribution is -1.73. The Hall–Kier alpha value is -1.87. The summed E-state index contributed by atoms with van der Waals surface area (Å²) in [6, 6.07) is 14.0. The molecule has 0 N–H and O–H groups in total. The fourth-order valence-corrected chi connectivity index (χ4v) is 2.21. The van der Waals surface area contributed by atoms with Gasteiger partial charge in [0.25, 0.3) is 0 Å². The molecule has 0 amide bonds. The molecule has 0 aliphatic heterocycles. The minimum atomic E-state index is 0.820. The van der Waals surface area contributed by atoms with Crippen molar-refractivity contribution >= 4 is 11.3 Å². The molecule has 0 bridgehead atoms. The van der Waals surface area contributed by atoms with E-state index in [1.54, 1.807) is 11.3 Å².